The molecule has 38 heavy (non-hydrogen) atoms. The molecule has 5 aromatic carbocycles. The first-order valence-electron chi connectivity index (χ1n) is 12.1. The summed E-state index contributed by atoms with van der Waals surface area (Å²) in [5.41, 5.74) is 5.97. The fourth-order valence-electron chi connectivity index (χ4n) is 5.26. The Morgan fingerprint density at radius 1 is 0.500 bits per heavy atom. The molecule has 3 unspecified atom stereocenters. The summed E-state index contributed by atoms with van der Waals surface area (Å²) < 4.78 is 26.1. The molecule has 0 aromatic heterocycles. The van der Waals surface area contributed by atoms with E-state index in [4.69, 9.17) is 0 Å². The van der Waals surface area contributed by atoms with Crippen molar-refractivity contribution in [3.8, 4) is 22.3 Å². The molecule has 0 radical (unpaired) electrons. The van der Waals surface area contributed by atoms with E-state index < -0.39 is 27.7 Å². The number of hydrogen-bond donors (Lipinski definition) is 1. The predicted octanol–water partition coefficient (Wildman–Crippen LogP) is 6.29. The Morgan fingerprint density at radius 3 is 1.74 bits per heavy atom. The van der Waals surface area contributed by atoms with E-state index in [0.717, 1.165) is 22.3 Å². The molecular formula is C32H20O4S2. The summed E-state index contributed by atoms with van der Waals surface area (Å²) in [6.07, 6.45) is -0.832. The van der Waals surface area contributed by atoms with Crippen molar-refractivity contribution in [2.45, 2.75) is 25.7 Å². The van der Waals surface area contributed by atoms with E-state index in [1.807, 2.05) is 72.8 Å². The number of carbonyl (C=O) groups excluding carboxylic acids is 1. The van der Waals surface area contributed by atoms with Crippen LogP contribution in [0, 0.1) is 0 Å². The van der Waals surface area contributed by atoms with Gasteiger partial charge in [-0.25, -0.2) is 8.42 Å². The van der Waals surface area contributed by atoms with E-state index in [1.165, 1.54) is 0 Å². The second-order valence-corrected chi connectivity index (χ2v) is 12.2. The molecule has 2 heterocycles. The average molecular weight is 533 g/mol. The van der Waals surface area contributed by atoms with Gasteiger partial charge in [-0.3, -0.25) is 4.79 Å². The van der Waals surface area contributed by atoms with E-state index in [0.29, 0.717) is 41.8 Å². The van der Waals surface area contributed by atoms with Gasteiger partial charge >= 0.3 is 0 Å². The Bertz CT molecular complexity index is 1840. The standard InChI is InChI=1S/C32H20O4S2/c33-31-23-5-1-3-7-27(23)37(35)29-15-13-21(17-25(29)31)19-9-11-20(12-10-19)22-14-16-30-26(18-22)32(34)24-6-2-4-8-28(24)38(30)36/h1-18,31,33H. The monoisotopic (exact) mass is 532 g/mol. The molecule has 184 valence electrons. The number of carbonyl (C=O) groups is 1. The molecule has 6 heteroatoms. The van der Waals surface area contributed by atoms with Crippen LogP contribution in [0.2, 0.25) is 0 Å². The number of benzene rings is 5. The summed E-state index contributed by atoms with van der Waals surface area (Å²) >= 11 is 0. The van der Waals surface area contributed by atoms with Crippen LogP contribution < -0.4 is 0 Å². The highest BCUT2D eigenvalue weighted by atomic mass is 32.2. The van der Waals surface area contributed by atoms with Crippen molar-refractivity contribution in [3.05, 3.63) is 131 Å². The fraction of sp³-hybridized carbons (Fsp3) is 0.0312. The Balaban J connectivity index is 1.22. The van der Waals surface area contributed by atoms with Gasteiger partial charge in [0.1, 0.15) is 6.10 Å². The van der Waals surface area contributed by atoms with Gasteiger partial charge in [0.15, 0.2) is 5.78 Å². The van der Waals surface area contributed by atoms with Gasteiger partial charge in [0, 0.05) is 32.0 Å². The zero-order valence-corrected chi connectivity index (χ0v) is 21.6. The molecule has 5 aromatic rings. The molecule has 0 bridgehead atoms. The molecule has 4 nitrogen and oxygen atoms in total. The molecule has 2 aliphatic heterocycles. The second-order valence-electron chi connectivity index (χ2n) is 9.34. The Hall–Kier alpha value is -3.97. The first-order valence-corrected chi connectivity index (χ1v) is 14.4. The van der Waals surface area contributed by atoms with Crippen LogP contribution in [0.3, 0.4) is 0 Å². The molecule has 0 aliphatic carbocycles. The van der Waals surface area contributed by atoms with E-state index in [1.54, 1.807) is 36.4 Å². The minimum atomic E-state index is -1.39. The van der Waals surface area contributed by atoms with Gasteiger partial charge in [0.25, 0.3) is 0 Å². The lowest BCUT2D eigenvalue weighted by Gasteiger charge is -2.24. The second kappa shape index (κ2) is 8.81. The van der Waals surface area contributed by atoms with Gasteiger partial charge in [-0.2, -0.15) is 0 Å². The lowest BCUT2D eigenvalue weighted by Crippen LogP contribution is -2.16. The van der Waals surface area contributed by atoms with Crippen LogP contribution in [-0.4, -0.2) is 19.3 Å². The van der Waals surface area contributed by atoms with E-state index in [-0.39, 0.29) is 5.78 Å². The number of hydrogen-bond acceptors (Lipinski definition) is 4. The smallest absolute Gasteiger partial charge is 0.195 e. The van der Waals surface area contributed by atoms with Crippen LogP contribution in [0.5, 0.6) is 0 Å². The van der Waals surface area contributed by atoms with Crippen LogP contribution in [-0.2, 0) is 21.6 Å². The summed E-state index contributed by atoms with van der Waals surface area (Å²) in [6.45, 7) is 0. The lowest BCUT2D eigenvalue weighted by atomic mass is 9.94. The van der Waals surface area contributed by atoms with E-state index in [9.17, 15) is 18.3 Å². The maximum atomic E-state index is 13.1. The lowest BCUT2D eigenvalue weighted by molar-refractivity contribution is 0.103. The van der Waals surface area contributed by atoms with E-state index in [2.05, 4.69) is 0 Å². The first-order chi connectivity index (χ1) is 18.5. The van der Waals surface area contributed by atoms with Crippen LogP contribution in [0.1, 0.15) is 33.2 Å². The molecule has 0 saturated carbocycles. The quantitative estimate of drug-likeness (QED) is 0.284. The number of fused-ring (bicyclic) bond motifs is 4. The van der Waals surface area contributed by atoms with Crippen molar-refractivity contribution >= 4 is 27.4 Å². The molecular weight excluding hydrogens is 512 g/mol. The van der Waals surface area contributed by atoms with Crippen LogP contribution in [0.25, 0.3) is 22.3 Å². The highest BCUT2D eigenvalue weighted by Gasteiger charge is 2.30. The molecule has 3 atom stereocenters. The summed E-state index contributed by atoms with van der Waals surface area (Å²) in [7, 11) is -2.72. The zero-order chi connectivity index (χ0) is 26.0. The van der Waals surface area contributed by atoms with Gasteiger partial charge in [-0.15, -0.1) is 0 Å². The topological polar surface area (TPSA) is 71.4 Å². The summed E-state index contributed by atoms with van der Waals surface area (Å²) in [6, 6.07) is 33.5. The van der Waals surface area contributed by atoms with Gasteiger partial charge in [-0.05, 0) is 64.7 Å². The van der Waals surface area contributed by atoms with Crippen molar-refractivity contribution in [3.63, 3.8) is 0 Å². The van der Waals surface area contributed by atoms with Gasteiger partial charge in [0.2, 0.25) is 0 Å². The average Bonchev–Trinajstić information content (AvgIpc) is 2.98. The molecule has 0 spiro atoms. The summed E-state index contributed by atoms with van der Waals surface area (Å²) in [5, 5.41) is 11.0. The van der Waals surface area contributed by atoms with Crippen LogP contribution in [0.15, 0.2) is 129 Å². The maximum Gasteiger partial charge on any atom is 0.195 e. The van der Waals surface area contributed by atoms with Crippen molar-refractivity contribution in [2.75, 3.05) is 0 Å². The van der Waals surface area contributed by atoms with E-state index >= 15 is 0 Å². The van der Waals surface area contributed by atoms with Gasteiger partial charge in [-0.1, -0.05) is 66.7 Å². The van der Waals surface area contributed by atoms with Gasteiger partial charge in [0.05, 0.1) is 31.4 Å². The fourth-order valence-corrected chi connectivity index (χ4v) is 8.01. The predicted molar refractivity (Wildman–Crippen MR) is 147 cm³/mol. The largest absolute Gasteiger partial charge is 0.384 e. The molecule has 2 aliphatic rings. The highest BCUT2D eigenvalue weighted by molar-refractivity contribution is 7.85. The van der Waals surface area contributed by atoms with Crippen molar-refractivity contribution < 1.29 is 18.3 Å². The summed E-state index contributed by atoms with van der Waals surface area (Å²) in [5.74, 6) is -0.111. The Morgan fingerprint density at radius 2 is 1.00 bits per heavy atom. The van der Waals surface area contributed by atoms with Crippen molar-refractivity contribution in [1.82, 2.24) is 0 Å². The molecule has 0 amide bonds. The zero-order valence-electron chi connectivity index (χ0n) is 20.0. The normalized spacial score (nSPS) is 19.2. The minimum Gasteiger partial charge on any atom is -0.384 e. The number of aliphatic hydroxyl groups is 1. The number of ketones is 1. The molecule has 7 rings (SSSR count). The number of rotatable bonds is 2. The van der Waals surface area contributed by atoms with Gasteiger partial charge < -0.3 is 5.11 Å². The minimum absolute atomic E-state index is 0.111. The third kappa shape index (κ3) is 3.49. The SMILES string of the molecule is O=C1c2ccccc2S(=O)c2ccc(-c3ccc(-c4ccc5c(c4)C(O)c4ccccc4S5=O)cc3)cc21. The molecule has 1 N–H and O–H groups in total. The summed E-state index contributed by atoms with van der Waals surface area (Å²) in [4.78, 5) is 15.5. The molecule has 0 saturated heterocycles. The number of aliphatic hydroxyl groups excluding tert-OH is 1. The maximum absolute atomic E-state index is 13.1. The Labute approximate surface area is 224 Å². The Kier molecular flexibility index (Phi) is 5.37. The van der Waals surface area contributed by atoms with Crippen LogP contribution in [0.4, 0.5) is 0 Å². The van der Waals surface area contributed by atoms with Crippen molar-refractivity contribution in [2.24, 2.45) is 0 Å². The van der Waals surface area contributed by atoms with Crippen molar-refractivity contribution in [1.29, 1.82) is 0 Å². The third-order valence-corrected chi connectivity index (χ3v) is 10.3. The third-order valence-electron chi connectivity index (χ3n) is 7.22. The van der Waals surface area contributed by atoms with Crippen LogP contribution >= 0.6 is 0 Å². The highest BCUT2D eigenvalue weighted by Crippen LogP contribution is 2.40. The first kappa shape index (κ1) is 23.2. The molecule has 0 fully saturated rings.